The van der Waals surface area contributed by atoms with Gasteiger partial charge in [0.15, 0.2) is 11.5 Å². The van der Waals surface area contributed by atoms with Crippen molar-refractivity contribution in [1.82, 2.24) is 5.32 Å². The molecular formula is C13H21NO3. The highest BCUT2D eigenvalue weighted by Gasteiger charge is 2.17. The van der Waals surface area contributed by atoms with Crippen LogP contribution in [0.2, 0.25) is 0 Å². The van der Waals surface area contributed by atoms with Crippen molar-refractivity contribution >= 4 is 0 Å². The average molecular weight is 239 g/mol. The van der Waals surface area contributed by atoms with E-state index in [1.54, 1.807) is 14.2 Å². The van der Waals surface area contributed by atoms with Gasteiger partial charge in [-0.2, -0.15) is 0 Å². The first kappa shape index (κ1) is 13.8. The van der Waals surface area contributed by atoms with Gasteiger partial charge in [-0.25, -0.2) is 0 Å². The van der Waals surface area contributed by atoms with E-state index in [0.29, 0.717) is 18.0 Å². The Morgan fingerprint density at radius 2 is 2.00 bits per heavy atom. The van der Waals surface area contributed by atoms with Crippen molar-refractivity contribution in [3.05, 3.63) is 23.3 Å². The number of nitrogens with one attached hydrogen (secondary N) is 1. The van der Waals surface area contributed by atoms with Crippen LogP contribution >= 0.6 is 0 Å². The van der Waals surface area contributed by atoms with E-state index in [9.17, 15) is 5.11 Å². The van der Waals surface area contributed by atoms with Crippen molar-refractivity contribution in [2.24, 2.45) is 0 Å². The van der Waals surface area contributed by atoms with E-state index in [1.165, 1.54) is 0 Å². The van der Waals surface area contributed by atoms with Gasteiger partial charge < -0.3 is 19.9 Å². The van der Waals surface area contributed by atoms with Crippen LogP contribution in [0.3, 0.4) is 0 Å². The largest absolute Gasteiger partial charge is 0.493 e. The summed E-state index contributed by atoms with van der Waals surface area (Å²) in [4.78, 5) is 0. The molecule has 2 N–H and O–H groups in total. The normalized spacial score (nSPS) is 12.3. The molecule has 0 aliphatic carbocycles. The van der Waals surface area contributed by atoms with Gasteiger partial charge in [-0.1, -0.05) is 13.0 Å². The highest BCUT2D eigenvalue weighted by Crippen LogP contribution is 2.36. The lowest BCUT2D eigenvalue weighted by Gasteiger charge is -2.19. The Kier molecular flexibility index (Phi) is 5.25. The minimum atomic E-state index is -0.533. The number of likely N-dealkylation sites (N-methyl/N-ethyl adjacent to an activating group) is 1. The minimum absolute atomic E-state index is 0.516. The quantitative estimate of drug-likeness (QED) is 0.790. The van der Waals surface area contributed by atoms with Crippen molar-refractivity contribution < 1.29 is 14.6 Å². The maximum absolute atomic E-state index is 10.1. The molecule has 1 aromatic rings. The topological polar surface area (TPSA) is 50.7 Å². The van der Waals surface area contributed by atoms with Crippen molar-refractivity contribution in [2.45, 2.75) is 19.4 Å². The predicted octanol–water partition coefficient (Wildman–Crippen LogP) is 1.52. The second kappa shape index (κ2) is 6.47. The van der Waals surface area contributed by atoms with Crippen LogP contribution in [-0.4, -0.2) is 32.9 Å². The highest BCUT2D eigenvalue weighted by atomic mass is 16.5. The molecule has 1 rings (SSSR count). The molecule has 4 nitrogen and oxygen atoms in total. The van der Waals surface area contributed by atoms with Gasteiger partial charge in [0.1, 0.15) is 0 Å². The number of methoxy groups -OCH3 is 2. The molecule has 1 unspecified atom stereocenters. The molecule has 96 valence electrons. The number of rotatable bonds is 6. The number of hydrogen-bond acceptors (Lipinski definition) is 4. The molecule has 0 aliphatic heterocycles. The Labute approximate surface area is 103 Å². The lowest BCUT2D eigenvalue weighted by molar-refractivity contribution is 0.176. The third kappa shape index (κ3) is 2.90. The van der Waals surface area contributed by atoms with Gasteiger partial charge in [0.2, 0.25) is 0 Å². The van der Waals surface area contributed by atoms with Crippen LogP contribution in [0.15, 0.2) is 12.1 Å². The third-order valence-electron chi connectivity index (χ3n) is 2.79. The predicted molar refractivity (Wildman–Crippen MR) is 67.8 cm³/mol. The van der Waals surface area contributed by atoms with Crippen LogP contribution in [0.1, 0.15) is 24.2 Å². The molecule has 0 saturated carbocycles. The molecule has 0 spiro atoms. The molecule has 0 amide bonds. The monoisotopic (exact) mass is 239 g/mol. The minimum Gasteiger partial charge on any atom is -0.493 e. The first-order chi connectivity index (χ1) is 8.19. The third-order valence-corrected chi connectivity index (χ3v) is 2.79. The Hall–Kier alpha value is -1.26. The molecule has 1 atom stereocenters. The first-order valence-corrected chi connectivity index (χ1v) is 5.75. The first-order valence-electron chi connectivity index (χ1n) is 5.75. The van der Waals surface area contributed by atoms with E-state index in [-0.39, 0.29) is 0 Å². The van der Waals surface area contributed by atoms with Gasteiger partial charge in [-0.05, 0) is 25.1 Å². The summed E-state index contributed by atoms with van der Waals surface area (Å²) in [7, 11) is 5.04. The molecule has 4 heteroatoms. The summed E-state index contributed by atoms with van der Waals surface area (Å²) in [6.45, 7) is 2.55. The molecule has 0 saturated heterocycles. The van der Waals surface area contributed by atoms with Gasteiger partial charge in [-0.15, -0.1) is 0 Å². The van der Waals surface area contributed by atoms with E-state index in [4.69, 9.17) is 9.47 Å². The highest BCUT2D eigenvalue weighted by molar-refractivity contribution is 5.51. The zero-order valence-electron chi connectivity index (χ0n) is 10.9. The lowest BCUT2D eigenvalue weighted by Crippen LogP contribution is -2.18. The van der Waals surface area contributed by atoms with Crippen LogP contribution in [0.4, 0.5) is 0 Å². The molecule has 0 aliphatic rings. The summed E-state index contributed by atoms with van der Waals surface area (Å²) in [5.74, 6) is 1.41. The molecule has 0 radical (unpaired) electrons. The van der Waals surface area contributed by atoms with Crippen LogP contribution in [0.25, 0.3) is 0 Å². The van der Waals surface area contributed by atoms with Crippen molar-refractivity contribution in [3.63, 3.8) is 0 Å². The van der Waals surface area contributed by atoms with Gasteiger partial charge >= 0.3 is 0 Å². The van der Waals surface area contributed by atoms with Crippen LogP contribution < -0.4 is 14.8 Å². The number of aliphatic hydroxyl groups excluding tert-OH is 1. The van der Waals surface area contributed by atoms with Gasteiger partial charge in [0, 0.05) is 12.1 Å². The van der Waals surface area contributed by atoms with E-state index in [2.05, 4.69) is 5.32 Å². The summed E-state index contributed by atoms with van der Waals surface area (Å²) in [6.07, 6.45) is 0.256. The Balaban J connectivity index is 3.22. The maximum Gasteiger partial charge on any atom is 0.164 e. The fourth-order valence-corrected chi connectivity index (χ4v) is 1.99. The maximum atomic E-state index is 10.1. The SMILES string of the molecule is CCc1c(C(O)CNC)ccc(OC)c1OC. The zero-order chi connectivity index (χ0) is 12.8. The molecule has 0 aromatic heterocycles. The average Bonchev–Trinajstić information content (AvgIpc) is 2.36. The Bertz CT molecular complexity index is 366. The van der Waals surface area contributed by atoms with E-state index < -0.39 is 6.10 Å². The fraction of sp³-hybridized carbons (Fsp3) is 0.538. The molecule has 1 aromatic carbocycles. The molecular weight excluding hydrogens is 218 g/mol. The van der Waals surface area contributed by atoms with E-state index in [1.807, 2.05) is 26.1 Å². The zero-order valence-corrected chi connectivity index (χ0v) is 10.9. The Morgan fingerprint density at radius 3 is 2.47 bits per heavy atom. The number of benzene rings is 1. The second-order valence-electron chi connectivity index (χ2n) is 3.80. The van der Waals surface area contributed by atoms with Crippen molar-refractivity contribution in [3.8, 4) is 11.5 Å². The number of aliphatic hydroxyl groups is 1. The van der Waals surface area contributed by atoms with Gasteiger partial charge in [0.25, 0.3) is 0 Å². The van der Waals surface area contributed by atoms with E-state index in [0.717, 1.165) is 17.5 Å². The number of ether oxygens (including phenoxy) is 2. The van der Waals surface area contributed by atoms with Crippen LogP contribution in [0.5, 0.6) is 11.5 Å². The summed E-state index contributed by atoms with van der Waals surface area (Å²) in [5, 5.41) is 13.0. The van der Waals surface area contributed by atoms with Gasteiger partial charge in [-0.3, -0.25) is 0 Å². The van der Waals surface area contributed by atoms with E-state index >= 15 is 0 Å². The summed E-state index contributed by atoms with van der Waals surface area (Å²) in [6, 6.07) is 3.72. The molecule has 0 heterocycles. The fourth-order valence-electron chi connectivity index (χ4n) is 1.99. The van der Waals surface area contributed by atoms with Gasteiger partial charge in [0.05, 0.1) is 20.3 Å². The molecule has 0 fully saturated rings. The van der Waals surface area contributed by atoms with Crippen LogP contribution in [-0.2, 0) is 6.42 Å². The summed E-state index contributed by atoms with van der Waals surface area (Å²) >= 11 is 0. The second-order valence-corrected chi connectivity index (χ2v) is 3.80. The van der Waals surface area contributed by atoms with Crippen molar-refractivity contribution in [1.29, 1.82) is 0 Å². The van der Waals surface area contributed by atoms with Crippen LogP contribution in [0, 0.1) is 0 Å². The standard InChI is InChI=1S/C13H21NO3/c1-5-9-10(11(15)8-14-2)6-7-12(16-3)13(9)17-4/h6-7,11,14-15H,5,8H2,1-4H3. The van der Waals surface area contributed by atoms with Crippen molar-refractivity contribution in [2.75, 3.05) is 27.8 Å². The Morgan fingerprint density at radius 1 is 1.29 bits per heavy atom. The molecule has 17 heavy (non-hydrogen) atoms. The smallest absolute Gasteiger partial charge is 0.164 e. The number of hydrogen-bond donors (Lipinski definition) is 2. The molecule has 0 bridgehead atoms. The lowest BCUT2D eigenvalue weighted by atomic mass is 9.98. The summed E-state index contributed by atoms with van der Waals surface area (Å²) < 4.78 is 10.6. The summed E-state index contributed by atoms with van der Waals surface area (Å²) in [5.41, 5.74) is 1.88.